The van der Waals surface area contributed by atoms with E-state index in [0.29, 0.717) is 5.92 Å². The van der Waals surface area contributed by atoms with Crippen LogP contribution in [0, 0.1) is 0 Å². The summed E-state index contributed by atoms with van der Waals surface area (Å²) < 4.78 is 5.26. The number of ether oxygens (including phenoxy) is 1. The molecule has 4 heteroatoms. The lowest BCUT2D eigenvalue weighted by Crippen LogP contribution is -2.48. The van der Waals surface area contributed by atoms with Gasteiger partial charge in [-0.1, -0.05) is 24.6 Å². The van der Waals surface area contributed by atoms with E-state index < -0.39 is 0 Å². The highest BCUT2D eigenvalue weighted by Crippen LogP contribution is 2.44. The molecule has 0 N–H and O–H groups in total. The molecule has 0 aromatic heterocycles. The summed E-state index contributed by atoms with van der Waals surface area (Å²) in [6, 6.07) is 12.0. The summed E-state index contributed by atoms with van der Waals surface area (Å²) in [5, 5.41) is 0.735. The number of aliphatic imine (C=N–C) groups is 1. The summed E-state index contributed by atoms with van der Waals surface area (Å²) >= 11 is 6.61. The minimum Gasteiger partial charge on any atom is -0.497 e. The second-order valence-electron chi connectivity index (χ2n) is 7.55. The molecule has 0 spiro atoms. The van der Waals surface area contributed by atoms with Gasteiger partial charge in [-0.25, -0.2) is 0 Å². The van der Waals surface area contributed by atoms with Gasteiger partial charge < -0.3 is 9.64 Å². The monoisotopic (exact) mass is 370 g/mol. The van der Waals surface area contributed by atoms with Crippen LogP contribution in [0.5, 0.6) is 5.75 Å². The Balaban J connectivity index is 1.98. The average molecular weight is 371 g/mol. The van der Waals surface area contributed by atoms with E-state index in [2.05, 4.69) is 49.7 Å². The van der Waals surface area contributed by atoms with Crippen molar-refractivity contribution in [2.45, 2.75) is 45.6 Å². The number of benzene rings is 2. The molecule has 1 unspecified atom stereocenters. The maximum Gasteiger partial charge on any atom is 0.121 e. The van der Waals surface area contributed by atoms with E-state index in [9.17, 15) is 0 Å². The SMILES string of the molecule is CCN1c2cc(Cl)c(C=Nc3cccc(OC)c3)cc2C(C)CC1(C)C. The highest BCUT2D eigenvalue weighted by atomic mass is 35.5. The van der Waals surface area contributed by atoms with E-state index in [1.54, 1.807) is 7.11 Å². The minimum atomic E-state index is 0.140. The number of hydrogen-bond donors (Lipinski definition) is 0. The number of hydrogen-bond acceptors (Lipinski definition) is 3. The molecule has 0 saturated heterocycles. The van der Waals surface area contributed by atoms with Gasteiger partial charge in [-0.2, -0.15) is 0 Å². The molecule has 0 radical (unpaired) electrons. The van der Waals surface area contributed by atoms with Crippen LogP contribution in [0.4, 0.5) is 11.4 Å². The summed E-state index contributed by atoms with van der Waals surface area (Å²) in [4.78, 5) is 7.04. The molecule has 3 nitrogen and oxygen atoms in total. The molecule has 1 aliphatic heterocycles. The van der Waals surface area contributed by atoms with Crippen molar-refractivity contribution >= 4 is 29.2 Å². The van der Waals surface area contributed by atoms with Crippen LogP contribution in [0.3, 0.4) is 0 Å². The van der Waals surface area contributed by atoms with E-state index >= 15 is 0 Å². The van der Waals surface area contributed by atoms with Gasteiger partial charge >= 0.3 is 0 Å². The van der Waals surface area contributed by atoms with E-state index in [4.69, 9.17) is 16.3 Å². The van der Waals surface area contributed by atoms with E-state index in [1.165, 1.54) is 11.3 Å². The number of nitrogens with zero attached hydrogens (tertiary/aromatic N) is 2. The Morgan fingerprint density at radius 2 is 2.08 bits per heavy atom. The Hall–Kier alpha value is -2.00. The highest BCUT2D eigenvalue weighted by Gasteiger charge is 2.35. The predicted molar refractivity (Wildman–Crippen MR) is 112 cm³/mol. The molecule has 1 atom stereocenters. The van der Waals surface area contributed by atoms with Crippen LogP contribution < -0.4 is 9.64 Å². The van der Waals surface area contributed by atoms with Crippen molar-refractivity contribution in [3.05, 3.63) is 52.5 Å². The molecule has 3 rings (SSSR count). The van der Waals surface area contributed by atoms with Gasteiger partial charge in [0.25, 0.3) is 0 Å². The summed E-state index contributed by atoms with van der Waals surface area (Å²) in [6.45, 7) is 10.1. The normalized spacial score (nSPS) is 18.8. The molecule has 0 fully saturated rings. The summed E-state index contributed by atoms with van der Waals surface area (Å²) in [7, 11) is 1.66. The van der Waals surface area contributed by atoms with Gasteiger partial charge in [0, 0.05) is 35.6 Å². The van der Waals surface area contributed by atoms with Gasteiger partial charge in [0.15, 0.2) is 0 Å². The van der Waals surface area contributed by atoms with E-state index in [-0.39, 0.29) is 5.54 Å². The topological polar surface area (TPSA) is 24.8 Å². The lowest BCUT2D eigenvalue weighted by molar-refractivity contribution is 0.381. The third-order valence-corrected chi connectivity index (χ3v) is 5.55. The minimum absolute atomic E-state index is 0.140. The summed E-state index contributed by atoms with van der Waals surface area (Å²) in [5.41, 5.74) is 4.54. The number of fused-ring (bicyclic) bond motifs is 1. The molecule has 1 heterocycles. The fourth-order valence-electron chi connectivity index (χ4n) is 4.05. The van der Waals surface area contributed by atoms with Crippen molar-refractivity contribution in [3.63, 3.8) is 0 Å². The molecule has 2 aromatic rings. The van der Waals surface area contributed by atoms with Crippen LogP contribution in [0.15, 0.2) is 41.4 Å². The largest absolute Gasteiger partial charge is 0.497 e. The summed E-state index contributed by atoms with van der Waals surface area (Å²) in [6.07, 6.45) is 2.97. The van der Waals surface area contributed by atoms with Crippen molar-refractivity contribution in [1.29, 1.82) is 0 Å². The second kappa shape index (κ2) is 7.32. The van der Waals surface area contributed by atoms with Gasteiger partial charge in [0.2, 0.25) is 0 Å². The third-order valence-electron chi connectivity index (χ3n) is 5.23. The first-order valence-electron chi connectivity index (χ1n) is 9.15. The van der Waals surface area contributed by atoms with Crippen molar-refractivity contribution in [3.8, 4) is 5.75 Å². The standard InChI is InChI=1S/C22H27ClN2O/c1-6-25-21-12-20(23)16(10-19(21)15(2)13-22(25,3)4)14-24-17-8-7-9-18(11-17)26-5/h7-12,14-15H,6,13H2,1-5H3. The number of methoxy groups -OCH3 is 1. The predicted octanol–water partition coefficient (Wildman–Crippen LogP) is 6.21. The first-order chi connectivity index (χ1) is 12.4. The summed E-state index contributed by atoms with van der Waals surface area (Å²) in [5.74, 6) is 1.29. The van der Waals surface area contributed by atoms with Gasteiger partial charge in [-0.15, -0.1) is 0 Å². The molecule has 2 aromatic carbocycles. The highest BCUT2D eigenvalue weighted by molar-refractivity contribution is 6.33. The lowest BCUT2D eigenvalue weighted by Gasteiger charge is -2.47. The molecule has 1 aliphatic rings. The van der Waals surface area contributed by atoms with Gasteiger partial charge in [0.05, 0.1) is 17.8 Å². The zero-order chi connectivity index (χ0) is 18.9. The van der Waals surface area contributed by atoms with Gasteiger partial charge in [-0.05, 0) is 62.9 Å². The molecule has 138 valence electrons. The molecular weight excluding hydrogens is 344 g/mol. The van der Waals surface area contributed by atoms with Gasteiger partial charge in [-0.3, -0.25) is 4.99 Å². The smallest absolute Gasteiger partial charge is 0.121 e. The van der Waals surface area contributed by atoms with Crippen LogP contribution in [0.2, 0.25) is 5.02 Å². The second-order valence-corrected chi connectivity index (χ2v) is 7.96. The Bertz CT molecular complexity index is 829. The van der Waals surface area contributed by atoms with Crippen LogP contribution in [-0.4, -0.2) is 25.4 Å². The van der Waals surface area contributed by atoms with Crippen LogP contribution in [0.25, 0.3) is 0 Å². The maximum atomic E-state index is 6.61. The van der Waals surface area contributed by atoms with Crippen LogP contribution in [-0.2, 0) is 0 Å². The van der Waals surface area contributed by atoms with Crippen molar-refractivity contribution in [2.24, 2.45) is 4.99 Å². The molecule has 0 saturated carbocycles. The fraction of sp³-hybridized carbons (Fsp3) is 0.409. The lowest BCUT2D eigenvalue weighted by atomic mass is 9.79. The zero-order valence-corrected chi connectivity index (χ0v) is 17.0. The Kier molecular flexibility index (Phi) is 5.29. The van der Waals surface area contributed by atoms with Crippen LogP contribution in [0.1, 0.15) is 51.2 Å². The number of anilines is 1. The average Bonchev–Trinajstić information content (AvgIpc) is 2.60. The quantitative estimate of drug-likeness (QED) is 0.597. The Labute approximate surface area is 161 Å². The molecular formula is C22H27ClN2O. The molecule has 0 amide bonds. The molecule has 26 heavy (non-hydrogen) atoms. The Morgan fingerprint density at radius 1 is 1.31 bits per heavy atom. The van der Waals surface area contributed by atoms with Gasteiger partial charge in [0.1, 0.15) is 5.75 Å². The van der Waals surface area contributed by atoms with Crippen molar-refractivity contribution in [2.75, 3.05) is 18.6 Å². The Morgan fingerprint density at radius 3 is 2.77 bits per heavy atom. The first kappa shape index (κ1) is 18.8. The van der Waals surface area contributed by atoms with Crippen molar-refractivity contribution in [1.82, 2.24) is 0 Å². The van der Waals surface area contributed by atoms with Crippen molar-refractivity contribution < 1.29 is 4.74 Å². The number of rotatable bonds is 4. The van der Waals surface area contributed by atoms with Crippen LogP contribution >= 0.6 is 11.6 Å². The maximum absolute atomic E-state index is 6.61. The fourth-order valence-corrected chi connectivity index (χ4v) is 4.26. The molecule has 0 aliphatic carbocycles. The third kappa shape index (κ3) is 3.59. The van der Waals surface area contributed by atoms with E-state index in [0.717, 1.165) is 35.0 Å². The zero-order valence-electron chi connectivity index (χ0n) is 16.2. The first-order valence-corrected chi connectivity index (χ1v) is 9.52. The molecule has 0 bridgehead atoms. The number of halogens is 1. The van der Waals surface area contributed by atoms with E-state index in [1.807, 2.05) is 30.5 Å².